The minimum Gasteiger partial charge on any atom is -0.243 e. The molecule has 0 fully saturated rings. The molecule has 0 unspecified atom stereocenters. The number of aromatic nitrogens is 1. The lowest BCUT2D eigenvalue weighted by Crippen LogP contribution is -1.70. The third-order valence-corrected chi connectivity index (χ3v) is 4.36. The lowest BCUT2D eigenvalue weighted by molar-refractivity contribution is 1.36. The number of aryl methyl sites for hydroxylation is 1. The molecule has 2 aromatic rings. The van der Waals surface area contributed by atoms with E-state index in [9.17, 15) is 0 Å². The molecule has 2 aromatic heterocycles. The summed E-state index contributed by atoms with van der Waals surface area (Å²) in [5, 5.41) is 3.18. The molecule has 0 aliphatic heterocycles. The van der Waals surface area contributed by atoms with Gasteiger partial charge in [0.2, 0.25) is 0 Å². The number of hydrogen-bond acceptors (Lipinski definition) is 3. The van der Waals surface area contributed by atoms with Crippen molar-refractivity contribution < 1.29 is 0 Å². The fourth-order valence-electron chi connectivity index (χ4n) is 1.07. The van der Waals surface area contributed by atoms with Gasteiger partial charge < -0.3 is 0 Å². The first-order chi connectivity index (χ1) is 6.31. The van der Waals surface area contributed by atoms with Crippen LogP contribution in [-0.2, 0) is 5.88 Å². The number of nitrogens with zero attached hydrogens (tertiary/aromatic N) is 1. The number of thiazole rings is 1. The van der Waals surface area contributed by atoms with Crippen molar-refractivity contribution in [3.8, 4) is 9.88 Å². The van der Waals surface area contributed by atoms with E-state index in [0.29, 0.717) is 5.88 Å². The normalized spacial score (nSPS) is 10.6. The maximum atomic E-state index is 5.72. The van der Waals surface area contributed by atoms with Gasteiger partial charge in [0.25, 0.3) is 0 Å². The molecule has 4 heteroatoms. The highest BCUT2D eigenvalue weighted by Crippen LogP contribution is 2.32. The van der Waals surface area contributed by atoms with Crippen LogP contribution in [0.5, 0.6) is 0 Å². The Morgan fingerprint density at radius 2 is 2.38 bits per heavy atom. The summed E-state index contributed by atoms with van der Waals surface area (Å²) in [6.45, 7) is 2.10. The molecule has 1 nitrogen and oxygen atoms in total. The molecule has 0 aliphatic carbocycles. The Labute approximate surface area is 90.0 Å². The summed E-state index contributed by atoms with van der Waals surface area (Å²) in [7, 11) is 0. The van der Waals surface area contributed by atoms with Gasteiger partial charge in [0.05, 0.1) is 10.8 Å². The van der Waals surface area contributed by atoms with Gasteiger partial charge in [0.1, 0.15) is 5.01 Å². The van der Waals surface area contributed by atoms with Crippen molar-refractivity contribution in [1.29, 1.82) is 0 Å². The molecule has 0 aromatic carbocycles. The first-order valence-corrected chi connectivity index (χ1v) is 6.09. The van der Waals surface area contributed by atoms with E-state index >= 15 is 0 Å². The Bertz CT molecular complexity index is 405. The molecule has 2 rings (SSSR count). The zero-order valence-electron chi connectivity index (χ0n) is 7.08. The van der Waals surface area contributed by atoms with E-state index < -0.39 is 0 Å². The molecule has 0 radical (unpaired) electrons. The van der Waals surface area contributed by atoms with Crippen molar-refractivity contribution in [1.82, 2.24) is 4.98 Å². The minimum absolute atomic E-state index is 0.558. The fraction of sp³-hybridized carbons (Fsp3) is 0.222. The van der Waals surface area contributed by atoms with Crippen molar-refractivity contribution in [2.75, 3.05) is 0 Å². The topological polar surface area (TPSA) is 12.9 Å². The summed E-state index contributed by atoms with van der Waals surface area (Å²) in [6, 6.07) is 2.11. The number of hydrogen-bond donors (Lipinski definition) is 0. The van der Waals surface area contributed by atoms with Crippen LogP contribution in [0.1, 0.15) is 10.4 Å². The third kappa shape index (κ3) is 1.77. The number of thiophene rings is 1. The number of halogens is 1. The summed E-state index contributed by atoms with van der Waals surface area (Å²) in [5.41, 5.74) is 1.29. The van der Waals surface area contributed by atoms with Crippen LogP contribution in [-0.4, -0.2) is 4.98 Å². The average molecular weight is 230 g/mol. The highest BCUT2D eigenvalue weighted by molar-refractivity contribution is 7.21. The molecule has 0 amide bonds. The smallest absolute Gasteiger partial charge is 0.133 e. The van der Waals surface area contributed by atoms with Gasteiger partial charge in [0.15, 0.2) is 0 Å². The zero-order chi connectivity index (χ0) is 9.26. The van der Waals surface area contributed by atoms with E-state index in [1.165, 1.54) is 10.4 Å². The minimum atomic E-state index is 0.558. The van der Waals surface area contributed by atoms with Crippen LogP contribution in [0.15, 0.2) is 17.6 Å². The van der Waals surface area contributed by atoms with Crippen molar-refractivity contribution in [2.45, 2.75) is 12.8 Å². The molecule has 2 heterocycles. The molecule has 68 valence electrons. The van der Waals surface area contributed by atoms with Crippen LogP contribution in [0.3, 0.4) is 0 Å². The monoisotopic (exact) mass is 229 g/mol. The molecule has 0 saturated heterocycles. The summed E-state index contributed by atoms with van der Waals surface area (Å²) < 4.78 is 0. The predicted octanol–water partition coefficient (Wildman–Crippen LogP) is 3.92. The maximum absolute atomic E-state index is 5.72. The predicted molar refractivity (Wildman–Crippen MR) is 59.7 cm³/mol. The van der Waals surface area contributed by atoms with Crippen LogP contribution >= 0.6 is 34.3 Å². The molecular formula is C9H8ClNS2. The van der Waals surface area contributed by atoms with Gasteiger partial charge in [-0.2, -0.15) is 0 Å². The summed E-state index contributed by atoms with van der Waals surface area (Å²) >= 11 is 9.12. The first-order valence-electron chi connectivity index (χ1n) is 3.86. The number of alkyl halides is 1. The SMILES string of the molecule is Cc1ccsc1-c1ncc(CCl)s1. The quantitative estimate of drug-likeness (QED) is 0.712. The van der Waals surface area contributed by atoms with Crippen LogP contribution in [0.25, 0.3) is 9.88 Å². The molecule has 0 N–H and O–H groups in total. The summed E-state index contributed by atoms with van der Waals surface area (Å²) in [5.74, 6) is 0.558. The third-order valence-electron chi connectivity index (χ3n) is 1.74. The highest BCUT2D eigenvalue weighted by Gasteiger charge is 2.07. The molecule has 13 heavy (non-hydrogen) atoms. The Hall–Kier alpha value is -0.380. The Morgan fingerprint density at radius 1 is 1.54 bits per heavy atom. The second-order valence-electron chi connectivity index (χ2n) is 2.70. The van der Waals surface area contributed by atoms with Gasteiger partial charge in [-0.05, 0) is 23.9 Å². The van der Waals surface area contributed by atoms with E-state index in [-0.39, 0.29) is 0 Å². The van der Waals surface area contributed by atoms with E-state index in [4.69, 9.17) is 11.6 Å². The van der Waals surface area contributed by atoms with E-state index in [2.05, 4.69) is 23.4 Å². The lowest BCUT2D eigenvalue weighted by atomic mass is 10.3. The zero-order valence-corrected chi connectivity index (χ0v) is 9.47. The molecular weight excluding hydrogens is 222 g/mol. The second kappa shape index (κ2) is 3.78. The van der Waals surface area contributed by atoms with E-state index in [1.54, 1.807) is 22.7 Å². The van der Waals surface area contributed by atoms with Crippen LogP contribution < -0.4 is 0 Å². The largest absolute Gasteiger partial charge is 0.243 e. The van der Waals surface area contributed by atoms with E-state index in [0.717, 1.165) is 9.88 Å². The van der Waals surface area contributed by atoms with Crippen LogP contribution in [0, 0.1) is 6.92 Å². The molecule has 0 atom stereocenters. The standard InChI is InChI=1S/C9H8ClNS2/c1-6-2-3-12-8(6)9-11-5-7(4-10)13-9/h2-3,5H,4H2,1H3. The first kappa shape index (κ1) is 9.19. The molecule has 0 aliphatic rings. The van der Waals surface area contributed by atoms with Crippen molar-refractivity contribution in [3.05, 3.63) is 28.1 Å². The lowest BCUT2D eigenvalue weighted by Gasteiger charge is -1.90. The Morgan fingerprint density at radius 3 is 2.92 bits per heavy atom. The van der Waals surface area contributed by atoms with Gasteiger partial charge in [-0.15, -0.1) is 34.3 Å². The van der Waals surface area contributed by atoms with Crippen molar-refractivity contribution >= 4 is 34.3 Å². The molecule has 0 saturated carbocycles. The van der Waals surface area contributed by atoms with Gasteiger partial charge in [-0.3, -0.25) is 0 Å². The average Bonchev–Trinajstić information content (AvgIpc) is 2.71. The summed E-state index contributed by atoms with van der Waals surface area (Å²) in [4.78, 5) is 6.73. The molecule has 0 spiro atoms. The van der Waals surface area contributed by atoms with Gasteiger partial charge in [-0.25, -0.2) is 4.98 Å². The second-order valence-corrected chi connectivity index (χ2v) is 5.00. The molecule has 0 bridgehead atoms. The number of rotatable bonds is 2. The van der Waals surface area contributed by atoms with Gasteiger partial charge in [0, 0.05) is 11.1 Å². The van der Waals surface area contributed by atoms with Crippen LogP contribution in [0.4, 0.5) is 0 Å². The Balaban J connectivity index is 2.41. The van der Waals surface area contributed by atoms with E-state index in [1.807, 2.05) is 6.20 Å². The highest BCUT2D eigenvalue weighted by atomic mass is 35.5. The van der Waals surface area contributed by atoms with Gasteiger partial charge in [-0.1, -0.05) is 0 Å². The van der Waals surface area contributed by atoms with Gasteiger partial charge >= 0.3 is 0 Å². The maximum Gasteiger partial charge on any atom is 0.133 e. The fourth-order valence-corrected chi connectivity index (χ4v) is 3.15. The van der Waals surface area contributed by atoms with Crippen molar-refractivity contribution in [3.63, 3.8) is 0 Å². The van der Waals surface area contributed by atoms with Crippen LogP contribution in [0.2, 0.25) is 0 Å². The van der Waals surface area contributed by atoms with Crippen molar-refractivity contribution in [2.24, 2.45) is 0 Å². The summed E-state index contributed by atoms with van der Waals surface area (Å²) in [6.07, 6.45) is 1.85. The Kier molecular flexibility index (Phi) is 2.67.